The lowest BCUT2D eigenvalue weighted by Gasteiger charge is -2.05. The molecule has 12 heavy (non-hydrogen) atoms. The molecule has 2 heteroatoms. The molecule has 62 valence electrons. The van der Waals surface area contributed by atoms with Gasteiger partial charge in [-0.15, -0.1) is 0 Å². The lowest BCUT2D eigenvalue weighted by atomic mass is 10.1. The van der Waals surface area contributed by atoms with Gasteiger partial charge in [0.15, 0.2) is 0 Å². The van der Waals surface area contributed by atoms with E-state index in [1.807, 2.05) is 24.3 Å². The molecule has 0 bridgehead atoms. The molecule has 1 aromatic carbocycles. The van der Waals surface area contributed by atoms with Crippen LogP contribution < -0.4 is 0 Å². The normalized spacial score (nSPS) is 9.08. The largest absolute Gasteiger partial charge is 0.429 e. The van der Waals surface area contributed by atoms with E-state index in [2.05, 4.69) is 26.1 Å². The van der Waals surface area contributed by atoms with E-state index in [9.17, 15) is 0 Å². The van der Waals surface area contributed by atoms with Crippen LogP contribution in [-0.4, -0.2) is 0 Å². The van der Waals surface area contributed by atoms with Crippen molar-refractivity contribution in [1.82, 2.24) is 0 Å². The highest BCUT2D eigenvalue weighted by atomic mass is 32.1. The van der Waals surface area contributed by atoms with Gasteiger partial charge in [0.2, 0.25) is 0 Å². The first-order chi connectivity index (χ1) is 5.79. The first-order valence-electron chi connectivity index (χ1n) is 3.51. The first-order valence-corrected chi connectivity index (χ1v) is 3.88. The van der Waals surface area contributed by atoms with Gasteiger partial charge in [0, 0.05) is 18.5 Å². The van der Waals surface area contributed by atoms with Crippen LogP contribution in [0.5, 0.6) is 0 Å². The van der Waals surface area contributed by atoms with Crippen molar-refractivity contribution in [3.8, 4) is 0 Å². The fourth-order valence-corrected chi connectivity index (χ4v) is 1.08. The Hall–Kier alpha value is -1.15. The molecule has 0 aliphatic rings. The molecule has 0 unspecified atom stereocenters. The molecule has 0 aromatic heterocycles. The molecule has 1 aromatic rings. The van der Waals surface area contributed by atoms with Gasteiger partial charge in [-0.05, 0) is 5.56 Å². The zero-order chi connectivity index (χ0) is 8.97. The Bertz CT molecular complexity index is 304. The Kier molecular flexibility index (Phi) is 3.00. The van der Waals surface area contributed by atoms with Crippen molar-refractivity contribution in [2.45, 2.75) is 0 Å². The van der Waals surface area contributed by atoms with Crippen molar-refractivity contribution in [3.63, 3.8) is 0 Å². The van der Waals surface area contributed by atoms with E-state index in [0.717, 1.165) is 11.1 Å². The smallest absolute Gasteiger partial charge is 0.137 e. The summed E-state index contributed by atoms with van der Waals surface area (Å²) < 4.78 is 4.73. The predicted molar refractivity (Wildman–Crippen MR) is 55.6 cm³/mol. The monoisotopic (exact) mass is 178 g/mol. The van der Waals surface area contributed by atoms with Crippen LogP contribution in [0.25, 0.3) is 11.8 Å². The first kappa shape index (κ1) is 8.94. The van der Waals surface area contributed by atoms with Gasteiger partial charge in [-0.2, -0.15) is 0 Å². The van der Waals surface area contributed by atoms with Gasteiger partial charge in [-0.3, -0.25) is 0 Å². The average Bonchev–Trinajstić information content (AvgIpc) is 2.16. The van der Waals surface area contributed by atoms with E-state index in [1.165, 1.54) is 0 Å². The van der Waals surface area contributed by atoms with Crippen LogP contribution in [0.1, 0.15) is 11.1 Å². The van der Waals surface area contributed by atoms with Gasteiger partial charge in [0.25, 0.3) is 0 Å². The SMILES string of the molecule is C=Cc1ccccc1C(=C)OS. The third kappa shape index (κ3) is 1.71. The summed E-state index contributed by atoms with van der Waals surface area (Å²) in [6.45, 7) is 7.39. The zero-order valence-corrected chi connectivity index (χ0v) is 7.55. The Morgan fingerprint density at radius 2 is 2.08 bits per heavy atom. The van der Waals surface area contributed by atoms with Gasteiger partial charge in [0.05, 0.1) is 0 Å². The lowest BCUT2D eigenvalue weighted by molar-refractivity contribution is 0.618. The Balaban J connectivity index is 3.13. The summed E-state index contributed by atoms with van der Waals surface area (Å²) in [7, 11) is 0. The van der Waals surface area contributed by atoms with Crippen LogP contribution >= 0.6 is 12.9 Å². The summed E-state index contributed by atoms with van der Waals surface area (Å²) in [5, 5.41) is 0. The Morgan fingerprint density at radius 1 is 1.42 bits per heavy atom. The van der Waals surface area contributed by atoms with E-state index in [4.69, 9.17) is 4.18 Å². The maximum absolute atomic E-state index is 4.73. The molecule has 0 atom stereocenters. The second kappa shape index (κ2) is 4.02. The van der Waals surface area contributed by atoms with Crippen molar-refractivity contribution >= 4 is 24.7 Å². The van der Waals surface area contributed by atoms with Crippen LogP contribution in [-0.2, 0) is 4.18 Å². The van der Waals surface area contributed by atoms with Crippen LogP contribution in [0.4, 0.5) is 0 Å². The third-order valence-electron chi connectivity index (χ3n) is 1.59. The summed E-state index contributed by atoms with van der Waals surface area (Å²) in [4.78, 5) is 0. The van der Waals surface area contributed by atoms with Crippen molar-refractivity contribution in [2.24, 2.45) is 0 Å². The average molecular weight is 178 g/mol. The fourth-order valence-electron chi connectivity index (χ4n) is 0.978. The summed E-state index contributed by atoms with van der Waals surface area (Å²) in [5.41, 5.74) is 1.92. The highest BCUT2D eigenvalue weighted by Gasteiger charge is 2.01. The van der Waals surface area contributed by atoms with Gasteiger partial charge >= 0.3 is 0 Å². The minimum atomic E-state index is 0.536. The third-order valence-corrected chi connectivity index (χ3v) is 1.81. The summed E-state index contributed by atoms with van der Waals surface area (Å²) >= 11 is 3.68. The molecule has 1 nitrogen and oxygen atoms in total. The molecule has 0 aliphatic heterocycles. The summed E-state index contributed by atoms with van der Waals surface area (Å²) in [6.07, 6.45) is 1.76. The number of benzene rings is 1. The predicted octanol–water partition coefficient (Wildman–Crippen LogP) is 3.16. The van der Waals surface area contributed by atoms with Gasteiger partial charge in [-0.25, -0.2) is 0 Å². The minimum absolute atomic E-state index is 0.536. The van der Waals surface area contributed by atoms with E-state index < -0.39 is 0 Å². The Morgan fingerprint density at radius 3 is 2.67 bits per heavy atom. The van der Waals surface area contributed by atoms with E-state index in [0.29, 0.717) is 5.76 Å². The molecule has 0 radical (unpaired) electrons. The molecule has 0 spiro atoms. The maximum Gasteiger partial charge on any atom is 0.137 e. The van der Waals surface area contributed by atoms with E-state index >= 15 is 0 Å². The molecule has 0 saturated heterocycles. The molecule has 0 heterocycles. The second-order valence-corrected chi connectivity index (χ2v) is 2.49. The molecular formula is C10H10OS. The zero-order valence-electron chi connectivity index (χ0n) is 6.66. The Labute approximate surface area is 78.0 Å². The molecule has 0 N–H and O–H groups in total. The molecule has 0 amide bonds. The van der Waals surface area contributed by atoms with Gasteiger partial charge in [-0.1, -0.05) is 43.5 Å². The van der Waals surface area contributed by atoms with Crippen molar-refractivity contribution < 1.29 is 4.18 Å². The van der Waals surface area contributed by atoms with Crippen molar-refractivity contribution in [2.75, 3.05) is 0 Å². The topological polar surface area (TPSA) is 9.23 Å². The standard InChI is InChI=1S/C10H10OS/c1-3-9-6-4-5-7-10(9)8(2)11-12/h3-7,12H,1-2H2. The van der Waals surface area contributed by atoms with Gasteiger partial charge < -0.3 is 4.18 Å². The lowest BCUT2D eigenvalue weighted by Crippen LogP contribution is -1.85. The van der Waals surface area contributed by atoms with Crippen molar-refractivity contribution in [1.29, 1.82) is 0 Å². The van der Waals surface area contributed by atoms with Crippen LogP contribution in [0, 0.1) is 0 Å². The molecule has 0 saturated carbocycles. The molecule has 0 fully saturated rings. The highest BCUT2D eigenvalue weighted by molar-refractivity contribution is 7.75. The number of hydrogen-bond donors (Lipinski definition) is 1. The summed E-state index contributed by atoms with van der Waals surface area (Å²) in [5.74, 6) is 0.536. The minimum Gasteiger partial charge on any atom is -0.429 e. The van der Waals surface area contributed by atoms with E-state index in [-0.39, 0.29) is 0 Å². The van der Waals surface area contributed by atoms with Crippen LogP contribution in [0.15, 0.2) is 37.4 Å². The van der Waals surface area contributed by atoms with E-state index in [1.54, 1.807) is 6.08 Å². The second-order valence-electron chi connectivity index (χ2n) is 2.31. The highest BCUT2D eigenvalue weighted by Crippen LogP contribution is 2.20. The number of rotatable bonds is 3. The fraction of sp³-hybridized carbons (Fsp3) is 0. The van der Waals surface area contributed by atoms with Crippen LogP contribution in [0.2, 0.25) is 0 Å². The van der Waals surface area contributed by atoms with Crippen molar-refractivity contribution in [3.05, 3.63) is 48.6 Å². The molecule has 1 rings (SSSR count). The number of hydrogen-bond acceptors (Lipinski definition) is 2. The van der Waals surface area contributed by atoms with Gasteiger partial charge in [0.1, 0.15) is 5.76 Å². The molecular weight excluding hydrogens is 168 g/mol. The number of thiol groups is 1. The quantitative estimate of drug-likeness (QED) is 0.425. The summed E-state index contributed by atoms with van der Waals surface area (Å²) in [6, 6.07) is 7.71. The maximum atomic E-state index is 4.73. The molecule has 0 aliphatic carbocycles. The van der Waals surface area contributed by atoms with Crippen LogP contribution in [0.3, 0.4) is 0 Å².